The Morgan fingerprint density at radius 1 is 1.26 bits per heavy atom. The van der Waals surface area contributed by atoms with Crippen LogP contribution < -0.4 is 5.32 Å². The number of hydrogen-bond acceptors (Lipinski definition) is 5. The van der Waals surface area contributed by atoms with Crippen LogP contribution in [0.15, 0.2) is 40.3 Å². The van der Waals surface area contributed by atoms with E-state index in [-0.39, 0.29) is 5.91 Å². The van der Waals surface area contributed by atoms with Gasteiger partial charge in [-0.25, -0.2) is 9.97 Å². The van der Waals surface area contributed by atoms with Gasteiger partial charge in [-0.3, -0.25) is 4.79 Å². The Balaban J connectivity index is 1.56. The second-order valence-corrected chi connectivity index (χ2v) is 6.18. The minimum atomic E-state index is -0.0885. The van der Waals surface area contributed by atoms with E-state index in [0.29, 0.717) is 23.9 Å². The summed E-state index contributed by atoms with van der Waals surface area (Å²) in [5.41, 5.74) is 3.08. The highest BCUT2D eigenvalue weighted by molar-refractivity contribution is 7.13. The van der Waals surface area contributed by atoms with Crippen LogP contribution in [0.1, 0.15) is 23.6 Å². The number of rotatable bonds is 5. The predicted octanol–water partition coefficient (Wildman–Crippen LogP) is 3.99. The van der Waals surface area contributed by atoms with Gasteiger partial charge in [0.2, 0.25) is 5.91 Å². The van der Waals surface area contributed by atoms with Crippen molar-refractivity contribution < 1.29 is 9.21 Å². The first kappa shape index (κ1) is 15.4. The van der Waals surface area contributed by atoms with Gasteiger partial charge in [-0.15, -0.1) is 11.3 Å². The zero-order valence-electron chi connectivity index (χ0n) is 13.0. The van der Waals surface area contributed by atoms with Crippen LogP contribution in [0.4, 0.5) is 5.13 Å². The molecule has 0 fully saturated rings. The Morgan fingerprint density at radius 3 is 2.74 bits per heavy atom. The number of thiazole rings is 1. The molecule has 1 aromatic carbocycles. The van der Waals surface area contributed by atoms with E-state index in [1.54, 1.807) is 6.20 Å². The molecule has 2 aromatic heterocycles. The van der Waals surface area contributed by atoms with E-state index in [2.05, 4.69) is 15.3 Å². The van der Waals surface area contributed by atoms with Crippen molar-refractivity contribution in [2.75, 3.05) is 5.32 Å². The number of aromatic nitrogens is 2. The molecule has 0 atom stereocenters. The number of nitrogens with one attached hydrogen (secondary N) is 1. The fourth-order valence-electron chi connectivity index (χ4n) is 2.09. The van der Waals surface area contributed by atoms with Gasteiger partial charge in [-0.2, -0.15) is 0 Å². The Kier molecular flexibility index (Phi) is 4.52. The van der Waals surface area contributed by atoms with E-state index < -0.39 is 0 Å². The number of nitrogens with zero attached hydrogens (tertiary/aromatic N) is 2. The van der Waals surface area contributed by atoms with Gasteiger partial charge in [-0.05, 0) is 13.8 Å². The standard InChI is InChI=1S/C17H17N3O2S/c1-11-3-5-13(6-4-11)14-9-18-16(22-14)8-7-15(21)20-17-19-12(2)10-23-17/h3-6,9-10H,7-8H2,1-2H3,(H,19,20,21). The number of hydrogen-bond donors (Lipinski definition) is 1. The summed E-state index contributed by atoms with van der Waals surface area (Å²) < 4.78 is 5.71. The van der Waals surface area contributed by atoms with Crippen molar-refractivity contribution in [2.24, 2.45) is 0 Å². The van der Waals surface area contributed by atoms with Crippen LogP contribution in [0, 0.1) is 13.8 Å². The number of amides is 1. The monoisotopic (exact) mass is 327 g/mol. The minimum Gasteiger partial charge on any atom is -0.441 e. The van der Waals surface area contributed by atoms with Crippen molar-refractivity contribution in [1.82, 2.24) is 9.97 Å². The summed E-state index contributed by atoms with van der Waals surface area (Å²) >= 11 is 1.42. The predicted molar refractivity (Wildman–Crippen MR) is 90.5 cm³/mol. The number of aryl methyl sites for hydroxylation is 3. The van der Waals surface area contributed by atoms with E-state index in [4.69, 9.17) is 4.42 Å². The van der Waals surface area contributed by atoms with Crippen molar-refractivity contribution in [3.63, 3.8) is 0 Å². The Morgan fingerprint density at radius 2 is 2.04 bits per heavy atom. The molecule has 3 aromatic rings. The molecule has 0 spiro atoms. The second kappa shape index (κ2) is 6.75. The lowest BCUT2D eigenvalue weighted by Gasteiger charge is -2.00. The van der Waals surface area contributed by atoms with Crippen LogP contribution in [0.2, 0.25) is 0 Å². The highest BCUT2D eigenvalue weighted by Gasteiger charge is 2.10. The van der Waals surface area contributed by atoms with Gasteiger partial charge in [0.1, 0.15) is 0 Å². The van der Waals surface area contributed by atoms with Crippen LogP contribution in [-0.2, 0) is 11.2 Å². The number of oxazole rings is 1. The third-order valence-corrected chi connectivity index (χ3v) is 4.20. The fourth-order valence-corrected chi connectivity index (χ4v) is 2.80. The Bertz CT molecular complexity index is 805. The maximum absolute atomic E-state index is 11.9. The van der Waals surface area contributed by atoms with Gasteiger partial charge in [0.15, 0.2) is 16.8 Å². The largest absolute Gasteiger partial charge is 0.441 e. The lowest BCUT2D eigenvalue weighted by Crippen LogP contribution is -2.12. The molecule has 0 aliphatic rings. The van der Waals surface area contributed by atoms with Gasteiger partial charge < -0.3 is 9.73 Å². The van der Waals surface area contributed by atoms with E-state index in [1.165, 1.54) is 16.9 Å². The molecule has 1 amide bonds. The minimum absolute atomic E-state index is 0.0885. The Labute approximate surface area is 138 Å². The highest BCUT2D eigenvalue weighted by Crippen LogP contribution is 2.21. The maximum atomic E-state index is 11.9. The molecule has 6 heteroatoms. The van der Waals surface area contributed by atoms with Crippen LogP contribution >= 0.6 is 11.3 Å². The van der Waals surface area contributed by atoms with Gasteiger partial charge in [0.05, 0.1) is 11.9 Å². The van der Waals surface area contributed by atoms with Crippen molar-refractivity contribution in [1.29, 1.82) is 0 Å². The van der Waals surface area contributed by atoms with Gasteiger partial charge >= 0.3 is 0 Å². The quantitative estimate of drug-likeness (QED) is 0.769. The number of anilines is 1. The van der Waals surface area contributed by atoms with Gasteiger partial charge in [0.25, 0.3) is 0 Å². The summed E-state index contributed by atoms with van der Waals surface area (Å²) in [6, 6.07) is 8.05. The molecule has 3 rings (SSSR count). The molecule has 0 saturated carbocycles. The second-order valence-electron chi connectivity index (χ2n) is 5.33. The SMILES string of the molecule is Cc1ccc(-c2cnc(CCC(=O)Nc3nc(C)cs3)o2)cc1. The molecule has 5 nitrogen and oxygen atoms in total. The molecule has 0 radical (unpaired) electrons. The lowest BCUT2D eigenvalue weighted by molar-refractivity contribution is -0.116. The molecule has 1 N–H and O–H groups in total. The lowest BCUT2D eigenvalue weighted by atomic mass is 10.1. The van der Waals surface area contributed by atoms with Crippen LogP contribution in [0.25, 0.3) is 11.3 Å². The topological polar surface area (TPSA) is 68.0 Å². The Hall–Kier alpha value is -2.47. The number of carbonyl (C=O) groups is 1. The average Bonchev–Trinajstić information content (AvgIpc) is 3.15. The van der Waals surface area contributed by atoms with Crippen LogP contribution in [0.3, 0.4) is 0 Å². The molecule has 0 aliphatic heterocycles. The van der Waals surface area contributed by atoms with Crippen LogP contribution in [0.5, 0.6) is 0 Å². The summed E-state index contributed by atoms with van der Waals surface area (Å²) in [5.74, 6) is 1.19. The third kappa shape index (κ3) is 4.04. The van der Waals surface area contributed by atoms with Crippen molar-refractivity contribution >= 4 is 22.4 Å². The summed E-state index contributed by atoms with van der Waals surface area (Å²) in [4.78, 5) is 20.3. The number of carbonyl (C=O) groups excluding carboxylic acids is 1. The van der Waals surface area contributed by atoms with Gasteiger partial charge in [-0.1, -0.05) is 29.8 Å². The molecular weight excluding hydrogens is 310 g/mol. The summed E-state index contributed by atoms with van der Waals surface area (Å²) in [6.45, 7) is 3.93. The molecule has 0 unspecified atom stereocenters. The first-order valence-electron chi connectivity index (χ1n) is 7.34. The molecule has 0 aliphatic carbocycles. The summed E-state index contributed by atoms with van der Waals surface area (Å²) in [7, 11) is 0. The van der Waals surface area contributed by atoms with Gasteiger partial charge in [0, 0.05) is 23.8 Å². The first-order valence-corrected chi connectivity index (χ1v) is 8.22. The highest BCUT2D eigenvalue weighted by atomic mass is 32.1. The fraction of sp³-hybridized carbons (Fsp3) is 0.235. The zero-order chi connectivity index (χ0) is 16.2. The smallest absolute Gasteiger partial charge is 0.226 e. The molecule has 0 bridgehead atoms. The van der Waals surface area contributed by atoms with E-state index >= 15 is 0 Å². The zero-order valence-corrected chi connectivity index (χ0v) is 13.8. The van der Waals surface area contributed by atoms with E-state index in [0.717, 1.165) is 17.0 Å². The van der Waals surface area contributed by atoms with E-state index in [1.807, 2.05) is 43.5 Å². The van der Waals surface area contributed by atoms with Crippen molar-refractivity contribution in [3.05, 3.63) is 53.0 Å². The molecule has 2 heterocycles. The average molecular weight is 327 g/mol. The summed E-state index contributed by atoms with van der Waals surface area (Å²) in [5, 5.41) is 5.30. The molecule has 118 valence electrons. The third-order valence-electron chi connectivity index (χ3n) is 3.32. The molecule has 23 heavy (non-hydrogen) atoms. The normalized spacial score (nSPS) is 10.7. The molecular formula is C17H17N3O2S. The summed E-state index contributed by atoms with van der Waals surface area (Å²) in [6.07, 6.45) is 2.47. The van der Waals surface area contributed by atoms with Crippen molar-refractivity contribution in [2.45, 2.75) is 26.7 Å². The number of benzene rings is 1. The van der Waals surface area contributed by atoms with Crippen molar-refractivity contribution in [3.8, 4) is 11.3 Å². The maximum Gasteiger partial charge on any atom is 0.226 e. The molecule has 0 saturated heterocycles. The first-order chi connectivity index (χ1) is 11.1. The van der Waals surface area contributed by atoms with Crippen LogP contribution in [-0.4, -0.2) is 15.9 Å². The van der Waals surface area contributed by atoms with E-state index in [9.17, 15) is 4.79 Å².